The summed E-state index contributed by atoms with van der Waals surface area (Å²) < 4.78 is 2.16. The molecule has 0 amide bonds. The summed E-state index contributed by atoms with van der Waals surface area (Å²) in [6, 6.07) is 25.8. The molecule has 0 unspecified atom stereocenters. The molecule has 1 aliphatic heterocycles. The van der Waals surface area contributed by atoms with Crippen LogP contribution in [0.15, 0.2) is 85.2 Å². The molecular weight excluding hydrogens is 330 g/mol. The Bertz CT molecular complexity index is 1160. The van der Waals surface area contributed by atoms with Crippen molar-refractivity contribution in [2.24, 2.45) is 0 Å². The number of aromatic nitrogens is 2. The van der Waals surface area contributed by atoms with Crippen LogP contribution in [0.5, 0.6) is 0 Å². The van der Waals surface area contributed by atoms with Crippen molar-refractivity contribution in [2.75, 3.05) is 11.9 Å². The van der Waals surface area contributed by atoms with Gasteiger partial charge in [-0.1, -0.05) is 59.6 Å². The van der Waals surface area contributed by atoms with Crippen LogP contribution in [-0.2, 0) is 0 Å². The predicted octanol–water partition coefficient (Wildman–Crippen LogP) is 5.08. The van der Waals surface area contributed by atoms with Gasteiger partial charge >= 0.3 is 0 Å². The van der Waals surface area contributed by atoms with Gasteiger partial charge < -0.3 is 4.90 Å². The van der Waals surface area contributed by atoms with Crippen LogP contribution in [0.3, 0.4) is 0 Å². The van der Waals surface area contributed by atoms with Gasteiger partial charge in [-0.15, -0.1) is 0 Å². The second-order valence-corrected chi connectivity index (χ2v) is 6.83. The van der Waals surface area contributed by atoms with Gasteiger partial charge in [0.1, 0.15) is 12.4 Å². The Kier molecular flexibility index (Phi) is 3.54. The van der Waals surface area contributed by atoms with E-state index in [4.69, 9.17) is 0 Å². The summed E-state index contributed by atoms with van der Waals surface area (Å²) in [5.74, 6) is 0.963. The molecule has 0 saturated carbocycles. The van der Waals surface area contributed by atoms with E-state index in [9.17, 15) is 0 Å². The lowest BCUT2D eigenvalue weighted by atomic mass is 9.94. The molecule has 0 spiro atoms. The molecule has 27 heavy (non-hydrogen) atoms. The maximum atomic E-state index is 4.49. The third kappa shape index (κ3) is 2.36. The molecule has 3 heteroatoms. The minimum absolute atomic E-state index is 0.963. The highest BCUT2D eigenvalue weighted by atomic mass is 15.2. The molecular formula is C24H20N3+. The number of hydrogen-bond donors (Lipinski definition) is 0. The summed E-state index contributed by atoms with van der Waals surface area (Å²) in [5.41, 5.74) is 8.54. The third-order valence-corrected chi connectivity index (χ3v) is 5.31. The summed E-state index contributed by atoms with van der Waals surface area (Å²) in [6.07, 6.45) is 3.91. The van der Waals surface area contributed by atoms with Gasteiger partial charge in [-0.25, -0.2) is 0 Å². The Morgan fingerprint density at radius 3 is 2.19 bits per heavy atom. The van der Waals surface area contributed by atoms with Gasteiger partial charge in [0, 0.05) is 36.9 Å². The quantitative estimate of drug-likeness (QED) is 0.446. The molecule has 3 aromatic carbocycles. The van der Waals surface area contributed by atoms with Crippen LogP contribution >= 0.6 is 0 Å². The number of nitrogens with zero attached hydrogens (tertiary/aromatic N) is 3. The first-order valence-electron chi connectivity index (χ1n) is 9.15. The van der Waals surface area contributed by atoms with Crippen LogP contribution in [0.4, 0.5) is 11.4 Å². The minimum Gasteiger partial charge on any atom is -0.340 e. The van der Waals surface area contributed by atoms with Crippen LogP contribution in [-0.4, -0.2) is 12.0 Å². The van der Waals surface area contributed by atoms with E-state index in [0.29, 0.717) is 0 Å². The van der Waals surface area contributed by atoms with Crippen molar-refractivity contribution in [2.45, 2.75) is 6.92 Å². The highest BCUT2D eigenvalue weighted by Crippen LogP contribution is 2.48. The maximum Gasteiger partial charge on any atom is 0.300 e. The second kappa shape index (κ2) is 6.06. The zero-order valence-electron chi connectivity index (χ0n) is 15.4. The average molecular weight is 350 g/mol. The molecule has 0 radical (unpaired) electrons. The fourth-order valence-corrected chi connectivity index (χ4v) is 4.06. The molecule has 4 aromatic rings. The Balaban J connectivity index is 1.91. The van der Waals surface area contributed by atoms with Crippen LogP contribution in [0.2, 0.25) is 0 Å². The Labute approximate surface area is 159 Å². The van der Waals surface area contributed by atoms with Crippen molar-refractivity contribution in [3.63, 3.8) is 0 Å². The second-order valence-electron chi connectivity index (χ2n) is 6.83. The summed E-state index contributed by atoms with van der Waals surface area (Å²) >= 11 is 0. The third-order valence-electron chi connectivity index (χ3n) is 5.31. The molecule has 0 N–H and O–H groups in total. The molecule has 1 aliphatic rings. The van der Waals surface area contributed by atoms with Crippen LogP contribution in [0, 0.1) is 6.92 Å². The summed E-state index contributed by atoms with van der Waals surface area (Å²) in [4.78, 5) is 6.79. The van der Waals surface area contributed by atoms with E-state index in [1.165, 1.54) is 33.6 Å². The molecule has 0 aliphatic carbocycles. The average Bonchev–Trinajstić information content (AvgIpc) is 2.83. The largest absolute Gasteiger partial charge is 0.340 e. The zero-order chi connectivity index (χ0) is 18.4. The van der Waals surface area contributed by atoms with E-state index in [-0.39, 0.29) is 0 Å². The van der Waals surface area contributed by atoms with E-state index >= 15 is 0 Å². The number of aryl methyl sites for hydroxylation is 1. The maximum absolute atomic E-state index is 4.49. The summed E-state index contributed by atoms with van der Waals surface area (Å²) in [5, 5.41) is 0. The number of benzene rings is 3. The first-order valence-corrected chi connectivity index (χ1v) is 9.15. The predicted molar refractivity (Wildman–Crippen MR) is 109 cm³/mol. The van der Waals surface area contributed by atoms with Gasteiger partial charge in [-0.2, -0.15) is 4.57 Å². The Morgan fingerprint density at radius 1 is 0.741 bits per heavy atom. The number of fused-ring (bicyclic) bond motifs is 5. The molecule has 5 rings (SSSR count). The number of hydrogen-bond acceptors (Lipinski definition) is 2. The highest BCUT2D eigenvalue weighted by molar-refractivity contribution is 6.00. The fourth-order valence-electron chi connectivity index (χ4n) is 4.06. The van der Waals surface area contributed by atoms with Gasteiger partial charge in [-0.3, -0.25) is 0 Å². The van der Waals surface area contributed by atoms with E-state index in [0.717, 1.165) is 11.5 Å². The first kappa shape index (κ1) is 15.8. The van der Waals surface area contributed by atoms with Gasteiger partial charge in [0.05, 0.1) is 5.69 Å². The minimum atomic E-state index is 0.963. The summed E-state index contributed by atoms with van der Waals surface area (Å²) in [6.45, 7) is 2.04. The lowest BCUT2D eigenvalue weighted by molar-refractivity contribution is -0.605. The van der Waals surface area contributed by atoms with Gasteiger partial charge in [0.2, 0.25) is 0 Å². The van der Waals surface area contributed by atoms with Gasteiger partial charge in [0.25, 0.3) is 5.82 Å². The molecule has 3 nitrogen and oxygen atoms in total. The van der Waals surface area contributed by atoms with Crippen molar-refractivity contribution in [3.8, 4) is 27.9 Å². The zero-order valence-corrected chi connectivity index (χ0v) is 15.4. The highest BCUT2D eigenvalue weighted by Gasteiger charge is 2.27. The van der Waals surface area contributed by atoms with E-state index in [2.05, 4.69) is 94.4 Å². The van der Waals surface area contributed by atoms with Crippen LogP contribution in [0.25, 0.3) is 27.9 Å². The molecule has 1 aromatic heterocycles. The first-order chi connectivity index (χ1) is 13.3. The molecule has 2 heterocycles. The smallest absolute Gasteiger partial charge is 0.300 e. The Morgan fingerprint density at radius 2 is 1.41 bits per heavy atom. The van der Waals surface area contributed by atoms with Crippen molar-refractivity contribution in [3.05, 3.63) is 91.0 Å². The molecule has 0 saturated heterocycles. The van der Waals surface area contributed by atoms with E-state index < -0.39 is 0 Å². The van der Waals surface area contributed by atoms with Gasteiger partial charge in [0.15, 0.2) is 5.69 Å². The topological polar surface area (TPSA) is 20.0 Å². The van der Waals surface area contributed by atoms with Gasteiger partial charge in [-0.05, 0) is 23.3 Å². The van der Waals surface area contributed by atoms with Crippen molar-refractivity contribution >= 4 is 11.4 Å². The van der Waals surface area contributed by atoms with Crippen LogP contribution < -0.4 is 9.47 Å². The lowest BCUT2D eigenvalue weighted by Crippen LogP contribution is -2.36. The number of rotatable bonds is 1. The monoisotopic (exact) mass is 350 g/mol. The molecule has 130 valence electrons. The van der Waals surface area contributed by atoms with E-state index in [1.807, 2.05) is 19.2 Å². The molecule has 0 bridgehead atoms. The number of para-hydroxylation sites is 2. The van der Waals surface area contributed by atoms with Crippen LogP contribution in [0.1, 0.15) is 5.82 Å². The Hall–Kier alpha value is -3.46. The lowest BCUT2D eigenvalue weighted by Gasteiger charge is -2.23. The van der Waals surface area contributed by atoms with E-state index in [1.54, 1.807) is 0 Å². The fraction of sp³-hybridized carbons (Fsp3) is 0.0833. The summed E-state index contributed by atoms with van der Waals surface area (Å²) in [7, 11) is 2.15. The normalized spacial score (nSPS) is 12.0. The molecule has 0 atom stereocenters. The van der Waals surface area contributed by atoms with Crippen molar-refractivity contribution in [1.82, 2.24) is 4.98 Å². The standard InChI is InChI=1S/C24H20N3/c1-17-25-15-8-16-27(17)23-14-7-12-21-19-10-4-3-9-18(19)20-11-5-6-13-22(20)26(2)24(21)23/h3-16H,1-2H3/q+1. The number of anilines is 2. The van der Waals surface area contributed by atoms with Crippen molar-refractivity contribution in [1.29, 1.82) is 0 Å². The van der Waals surface area contributed by atoms with Crippen molar-refractivity contribution < 1.29 is 4.57 Å². The SMILES string of the molecule is Cc1nccc[n+]1-c1cccc2c1N(C)c1ccccc1-c1ccccc1-2. The molecule has 0 fully saturated rings.